The van der Waals surface area contributed by atoms with Crippen molar-refractivity contribution in [3.63, 3.8) is 0 Å². The minimum Gasteiger partial charge on any atom is -0.223 e. The molecule has 0 amide bonds. The zero-order valence-electron chi connectivity index (χ0n) is 9.57. The van der Waals surface area contributed by atoms with Crippen LogP contribution in [0.3, 0.4) is 0 Å². The average Bonchev–Trinajstić information content (AvgIpc) is 2.85. The van der Waals surface area contributed by atoms with Gasteiger partial charge in [0.2, 0.25) is 0 Å². The number of sulfone groups is 1. The van der Waals surface area contributed by atoms with Crippen LogP contribution in [0.4, 0.5) is 0 Å². The molecule has 0 saturated heterocycles. The van der Waals surface area contributed by atoms with Gasteiger partial charge in [-0.1, -0.05) is 18.2 Å². The molecule has 0 fully saturated rings. The molecule has 0 N–H and O–H groups in total. The maximum atomic E-state index is 11.9. The van der Waals surface area contributed by atoms with Crippen LogP contribution in [0.1, 0.15) is 17.2 Å². The van der Waals surface area contributed by atoms with E-state index in [1.807, 2.05) is 29.6 Å². The lowest BCUT2D eigenvalue weighted by Gasteiger charge is -2.22. The van der Waals surface area contributed by atoms with Gasteiger partial charge in [-0.05, 0) is 35.6 Å². The molecule has 18 heavy (non-hydrogen) atoms. The van der Waals surface area contributed by atoms with Crippen molar-refractivity contribution in [1.82, 2.24) is 0 Å². The Bertz CT molecular complexity index is 644. The quantitative estimate of drug-likeness (QED) is 0.846. The third-order valence-corrected chi connectivity index (χ3v) is 7.62. The van der Waals surface area contributed by atoms with E-state index in [0.717, 1.165) is 5.56 Å². The van der Waals surface area contributed by atoms with Gasteiger partial charge >= 0.3 is 0 Å². The van der Waals surface area contributed by atoms with Crippen LogP contribution in [0.2, 0.25) is 0 Å². The van der Waals surface area contributed by atoms with Gasteiger partial charge in [0, 0.05) is 10.1 Å². The molecular formula is C13H12O2S3. The van der Waals surface area contributed by atoms with Gasteiger partial charge in [-0.15, -0.1) is 23.1 Å². The molecule has 0 aliphatic carbocycles. The van der Waals surface area contributed by atoms with Crippen molar-refractivity contribution < 1.29 is 8.42 Å². The van der Waals surface area contributed by atoms with Gasteiger partial charge in [0.25, 0.3) is 0 Å². The normalized spacial score (nSPS) is 21.4. The third kappa shape index (κ3) is 2.22. The Hall–Kier alpha value is -0.780. The highest BCUT2D eigenvalue weighted by atomic mass is 32.2. The number of benzene rings is 1. The molecule has 3 rings (SSSR count). The van der Waals surface area contributed by atoms with E-state index in [0.29, 0.717) is 10.6 Å². The molecule has 5 heteroatoms. The number of hydrogen-bond donors (Lipinski definition) is 0. The van der Waals surface area contributed by atoms with Gasteiger partial charge in [-0.25, -0.2) is 8.42 Å². The molecule has 2 nitrogen and oxygen atoms in total. The Balaban J connectivity index is 1.93. The molecule has 1 unspecified atom stereocenters. The Kier molecular flexibility index (Phi) is 3.21. The lowest BCUT2D eigenvalue weighted by molar-refractivity contribution is 0.588. The van der Waals surface area contributed by atoms with Crippen molar-refractivity contribution in [3.05, 3.63) is 47.3 Å². The largest absolute Gasteiger partial charge is 0.223 e. The van der Waals surface area contributed by atoms with Gasteiger partial charge in [0.05, 0.1) is 5.75 Å². The fourth-order valence-electron chi connectivity index (χ4n) is 2.09. The van der Waals surface area contributed by atoms with Crippen molar-refractivity contribution in [3.8, 4) is 0 Å². The zero-order valence-corrected chi connectivity index (χ0v) is 12.0. The van der Waals surface area contributed by atoms with Gasteiger partial charge in [-0.3, -0.25) is 0 Å². The lowest BCUT2D eigenvalue weighted by atomic mass is 10.2. The standard InChI is InChI=1S/C13H12O2S3/c14-18(15)9-7-12(11-6-8-16-13(11)18)17-10-4-2-1-3-5-10/h1-6,8,12H,7,9H2. The summed E-state index contributed by atoms with van der Waals surface area (Å²) in [5, 5.41) is 2.14. The first-order chi connectivity index (χ1) is 8.67. The lowest BCUT2D eigenvalue weighted by Crippen LogP contribution is -2.16. The molecule has 1 aliphatic heterocycles. The van der Waals surface area contributed by atoms with Crippen LogP contribution in [0.25, 0.3) is 0 Å². The van der Waals surface area contributed by atoms with Gasteiger partial charge < -0.3 is 0 Å². The van der Waals surface area contributed by atoms with Crippen LogP contribution >= 0.6 is 23.1 Å². The SMILES string of the molecule is O=S1(=O)CCC(Sc2ccccc2)c2ccsc21. The highest BCUT2D eigenvalue weighted by molar-refractivity contribution is 8.00. The van der Waals surface area contributed by atoms with E-state index in [1.165, 1.54) is 16.2 Å². The molecule has 1 atom stereocenters. The molecule has 0 spiro atoms. The van der Waals surface area contributed by atoms with E-state index in [9.17, 15) is 8.42 Å². The third-order valence-electron chi connectivity index (χ3n) is 2.96. The monoisotopic (exact) mass is 296 g/mol. The van der Waals surface area contributed by atoms with Crippen molar-refractivity contribution in [1.29, 1.82) is 0 Å². The molecule has 0 bridgehead atoms. The van der Waals surface area contributed by atoms with E-state index >= 15 is 0 Å². The Morgan fingerprint density at radius 2 is 1.94 bits per heavy atom. The Morgan fingerprint density at radius 1 is 1.17 bits per heavy atom. The fourth-order valence-corrected chi connectivity index (χ4v) is 6.58. The predicted octanol–water partition coefficient (Wildman–Crippen LogP) is 3.76. The second-order valence-corrected chi connectivity index (χ2v) is 8.69. The fraction of sp³-hybridized carbons (Fsp3) is 0.231. The summed E-state index contributed by atoms with van der Waals surface area (Å²) in [5.41, 5.74) is 0.986. The molecule has 1 aromatic heterocycles. The van der Waals surface area contributed by atoms with Crippen LogP contribution in [0, 0.1) is 0 Å². The topological polar surface area (TPSA) is 34.1 Å². The van der Waals surface area contributed by atoms with Gasteiger partial charge in [0.1, 0.15) is 4.21 Å². The molecule has 2 aromatic rings. The summed E-state index contributed by atoms with van der Waals surface area (Å²) in [7, 11) is -3.02. The first-order valence-corrected chi connectivity index (χ1v) is 9.10. The maximum absolute atomic E-state index is 11.9. The summed E-state index contributed by atoms with van der Waals surface area (Å²) >= 11 is 3.10. The second-order valence-electron chi connectivity index (χ2n) is 4.19. The van der Waals surface area contributed by atoms with Gasteiger partial charge in [0.15, 0.2) is 9.84 Å². The van der Waals surface area contributed by atoms with E-state index in [2.05, 4.69) is 12.1 Å². The van der Waals surface area contributed by atoms with Crippen LogP contribution in [-0.2, 0) is 9.84 Å². The zero-order chi connectivity index (χ0) is 12.6. The van der Waals surface area contributed by atoms with Gasteiger partial charge in [-0.2, -0.15) is 0 Å². The number of thiophene rings is 1. The smallest absolute Gasteiger partial charge is 0.188 e. The van der Waals surface area contributed by atoms with Crippen molar-refractivity contribution in [2.75, 3.05) is 5.75 Å². The summed E-state index contributed by atoms with van der Waals surface area (Å²) < 4.78 is 24.4. The van der Waals surface area contributed by atoms with Crippen molar-refractivity contribution in [2.24, 2.45) is 0 Å². The Morgan fingerprint density at radius 3 is 2.72 bits per heavy atom. The highest BCUT2D eigenvalue weighted by Crippen LogP contribution is 2.45. The Labute approximate surface area is 115 Å². The average molecular weight is 296 g/mol. The molecule has 0 radical (unpaired) electrons. The van der Waals surface area contributed by atoms with E-state index in [4.69, 9.17) is 0 Å². The highest BCUT2D eigenvalue weighted by Gasteiger charge is 2.31. The summed E-state index contributed by atoms with van der Waals surface area (Å²) in [6.45, 7) is 0. The minimum absolute atomic E-state index is 0.261. The summed E-state index contributed by atoms with van der Waals surface area (Å²) in [6.07, 6.45) is 0.700. The van der Waals surface area contributed by atoms with Crippen molar-refractivity contribution >= 4 is 32.9 Å². The van der Waals surface area contributed by atoms with E-state index < -0.39 is 9.84 Å². The predicted molar refractivity (Wildman–Crippen MR) is 76.0 cm³/mol. The number of hydrogen-bond acceptors (Lipinski definition) is 4. The van der Waals surface area contributed by atoms with Crippen LogP contribution < -0.4 is 0 Å². The number of fused-ring (bicyclic) bond motifs is 1. The first-order valence-electron chi connectivity index (χ1n) is 5.69. The molecule has 1 aromatic carbocycles. The maximum Gasteiger partial charge on any atom is 0.188 e. The first kappa shape index (κ1) is 12.3. The summed E-state index contributed by atoms with van der Waals surface area (Å²) in [6, 6.07) is 12.1. The molecule has 94 valence electrons. The molecule has 1 aliphatic rings. The van der Waals surface area contributed by atoms with E-state index in [-0.39, 0.29) is 11.0 Å². The summed E-state index contributed by atoms with van der Waals surface area (Å²) in [5.74, 6) is 0.269. The van der Waals surface area contributed by atoms with Crippen LogP contribution in [0.5, 0.6) is 0 Å². The molecular weight excluding hydrogens is 284 g/mol. The van der Waals surface area contributed by atoms with E-state index in [1.54, 1.807) is 11.8 Å². The summed E-state index contributed by atoms with van der Waals surface area (Å²) in [4.78, 5) is 1.19. The second kappa shape index (κ2) is 4.72. The molecule has 0 saturated carbocycles. The van der Waals surface area contributed by atoms with Crippen molar-refractivity contribution in [2.45, 2.75) is 20.8 Å². The minimum atomic E-state index is -3.02. The molecule has 2 heterocycles. The number of thioether (sulfide) groups is 1. The number of rotatable bonds is 2. The van der Waals surface area contributed by atoms with Crippen LogP contribution in [-0.4, -0.2) is 14.2 Å². The van der Waals surface area contributed by atoms with Crippen LogP contribution in [0.15, 0.2) is 50.9 Å².